The summed E-state index contributed by atoms with van der Waals surface area (Å²) < 4.78 is 19.2. The minimum Gasteiger partial charge on any atom is -0.436 e. The van der Waals surface area contributed by atoms with Crippen LogP contribution in [0.1, 0.15) is 5.56 Å². The van der Waals surface area contributed by atoms with Crippen LogP contribution in [-0.4, -0.2) is 22.4 Å². The van der Waals surface area contributed by atoms with Gasteiger partial charge in [-0.3, -0.25) is 9.78 Å². The van der Waals surface area contributed by atoms with E-state index in [1.165, 1.54) is 18.3 Å². The van der Waals surface area contributed by atoms with Gasteiger partial charge in [0.1, 0.15) is 0 Å². The minimum absolute atomic E-state index is 0.0782. The molecular weight excluding hydrogens is 433 g/mol. The maximum absolute atomic E-state index is 13.8. The van der Waals surface area contributed by atoms with E-state index in [2.05, 4.69) is 20.6 Å². The number of anilines is 3. The lowest BCUT2D eigenvalue weighted by atomic mass is 9.95. The molecule has 0 unspecified atom stereocenters. The zero-order valence-corrected chi connectivity index (χ0v) is 18.0. The van der Waals surface area contributed by atoms with Crippen LogP contribution in [0.5, 0.6) is 11.6 Å². The lowest BCUT2D eigenvalue weighted by molar-refractivity contribution is -0.111. The smallest absolute Gasteiger partial charge is 0.256 e. The zero-order chi connectivity index (χ0) is 23.5. The fourth-order valence-corrected chi connectivity index (χ4v) is 3.66. The van der Waals surface area contributed by atoms with Crippen molar-refractivity contribution in [3.63, 3.8) is 0 Å². The Morgan fingerprint density at radius 2 is 1.91 bits per heavy atom. The molecule has 0 saturated carbocycles. The van der Waals surface area contributed by atoms with Crippen LogP contribution in [0.2, 0.25) is 0 Å². The molecule has 7 nitrogen and oxygen atoms in total. The van der Waals surface area contributed by atoms with Crippen LogP contribution >= 0.6 is 0 Å². The number of carbonyl (C=O) groups excluding carboxylic acids is 1. The van der Waals surface area contributed by atoms with Crippen LogP contribution in [-0.2, 0) is 4.79 Å². The molecule has 168 valence electrons. The average molecular weight is 453 g/mol. The van der Waals surface area contributed by atoms with E-state index in [4.69, 9.17) is 10.5 Å². The SMILES string of the molecule is Nc1cncc(-c2ccc3c(c2)C(C(=O)Nc2ccc(Oc4ccccc4F)nc2)=CCN3)c1. The summed E-state index contributed by atoms with van der Waals surface area (Å²) in [5, 5.41) is 6.14. The molecule has 1 aliphatic heterocycles. The Labute approximate surface area is 195 Å². The first-order chi connectivity index (χ1) is 16.6. The number of nitrogens with zero attached hydrogens (tertiary/aromatic N) is 2. The number of amides is 1. The van der Waals surface area contributed by atoms with Crippen LogP contribution in [0, 0.1) is 5.82 Å². The van der Waals surface area contributed by atoms with Gasteiger partial charge in [-0.05, 0) is 42.0 Å². The number of fused-ring (bicyclic) bond motifs is 1. The van der Waals surface area contributed by atoms with Crippen molar-refractivity contribution in [3.05, 3.63) is 96.7 Å². The number of halogens is 1. The molecule has 5 rings (SSSR count). The van der Waals surface area contributed by atoms with Gasteiger partial charge in [0.25, 0.3) is 5.91 Å². The van der Waals surface area contributed by atoms with Crippen molar-refractivity contribution in [1.82, 2.24) is 9.97 Å². The van der Waals surface area contributed by atoms with E-state index in [0.29, 0.717) is 23.5 Å². The first-order valence-corrected chi connectivity index (χ1v) is 10.6. The number of nitrogen functional groups attached to an aromatic ring is 1. The van der Waals surface area contributed by atoms with E-state index in [-0.39, 0.29) is 17.5 Å². The number of rotatable bonds is 5. The summed E-state index contributed by atoms with van der Waals surface area (Å²) in [6.07, 6.45) is 6.62. The van der Waals surface area contributed by atoms with Crippen LogP contribution in [0.3, 0.4) is 0 Å². The summed E-state index contributed by atoms with van der Waals surface area (Å²) >= 11 is 0. The summed E-state index contributed by atoms with van der Waals surface area (Å²) in [4.78, 5) is 21.4. The number of carbonyl (C=O) groups is 1. The lowest BCUT2D eigenvalue weighted by Crippen LogP contribution is -2.19. The molecule has 0 radical (unpaired) electrons. The highest BCUT2D eigenvalue weighted by atomic mass is 19.1. The number of para-hydroxylation sites is 1. The molecule has 0 spiro atoms. The van der Waals surface area contributed by atoms with Crippen molar-refractivity contribution >= 4 is 28.5 Å². The normalized spacial score (nSPS) is 12.2. The van der Waals surface area contributed by atoms with E-state index < -0.39 is 5.82 Å². The monoisotopic (exact) mass is 453 g/mol. The van der Waals surface area contributed by atoms with Gasteiger partial charge in [0.15, 0.2) is 11.6 Å². The number of pyridine rings is 2. The summed E-state index contributed by atoms with van der Waals surface area (Å²) in [6, 6.07) is 17.0. The Balaban J connectivity index is 1.34. The molecule has 0 bridgehead atoms. The second-order valence-electron chi connectivity index (χ2n) is 7.64. The van der Waals surface area contributed by atoms with Crippen LogP contribution in [0.25, 0.3) is 16.7 Å². The van der Waals surface area contributed by atoms with E-state index in [0.717, 1.165) is 22.4 Å². The number of benzene rings is 2. The van der Waals surface area contributed by atoms with Crippen molar-refractivity contribution in [1.29, 1.82) is 0 Å². The average Bonchev–Trinajstić information content (AvgIpc) is 2.86. The molecule has 2 aromatic carbocycles. The number of nitrogens with one attached hydrogen (secondary N) is 2. The molecule has 34 heavy (non-hydrogen) atoms. The van der Waals surface area contributed by atoms with Gasteiger partial charge in [0.2, 0.25) is 5.88 Å². The summed E-state index contributed by atoms with van der Waals surface area (Å²) in [5.41, 5.74) is 10.9. The Morgan fingerprint density at radius 1 is 1.03 bits per heavy atom. The first-order valence-electron chi connectivity index (χ1n) is 10.6. The van der Waals surface area contributed by atoms with Crippen molar-refractivity contribution < 1.29 is 13.9 Å². The first kappa shape index (κ1) is 21.1. The molecule has 1 amide bonds. The molecular formula is C26H20FN5O2. The van der Waals surface area contributed by atoms with Crippen LogP contribution < -0.4 is 21.1 Å². The number of hydrogen-bond donors (Lipinski definition) is 3. The minimum atomic E-state index is -0.480. The van der Waals surface area contributed by atoms with Crippen molar-refractivity contribution in [2.75, 3.05) is 22.9 Å². The Morgan fingerprint density at radius 3 is 2.71 bits per heavy atom. The Hall–Kier alpha value is -4.72. The Bertz CT molecular complexity index is 1400. The molecule has 0 atom stereocenters. The van der Waals surface area contributed by atoms with Gasteiger partial charge in [-0.15, -0.1) is 0 Å². The topological polar surface area (TPSA) is 102 Å². The molecule has 4 aromatic rings. The maximum atomic E-state index is 13.8. The highest BCUT2D eigenvalue weighted by molar-refractivity contribution is 6.27. The van der Waals surface area contributed by atoms with Gasteiger partial charge in [0, 0.05) is 47.4 Å². The predicted molar refractivity (Wildman–Crippen MR) is 130 cm³/mol. The van der Waals surface area contributed by atoms with Crippen LogP contribution in [0.15, 0.2) is 85.3 Å². The summed E-state index contributed by atoms with van der Waals surface area (Å²) in [6.45, 7) is 0.530. The van der Waals surface area contributed by atoms with Gasteiger partial charge in [-0.25, -0.2) is 9.37 Å². The quantitative estimate of drug-likeness (QED) is 0.388. The van der Waals surface area contributed by atoms with Crippen molar-refractivity contribution in [2.24, 2.45) is 0 Å². The second kappa shape index (κ2) is 9.03. The molecule has 3 heterocycles. The third kappa shape index (κ3) is 4.42. The fraction of sp³-hybridized carbons (Fsp3) is 0.0385. The third-order valence-corrected chi connectivity index (χ3v) is 5.29. The van der Waals surface area contributed by atoms with E-state index in [1.54, 1.807) is 36.7 Å². The molecule has 0 fully saturated rings. The molecule has 2 aromatic heterocycles. The molecule has 4 N–H and O–H groups in total. The number of nitrogens with two attached hydrogens (primary N) is 1. The van der Waals surface area contributed by atoms with E-state index >= 15 is 0 Å². The van der Waals surface area contributed by atoms with Gasteiger partial charge in [-0.1, -0.05) is 24.3 Å². The van der Waals surface area contributed by atoms with Crippen molar-refractivity contribution in [3.8, 4) is 22.8 Å². The van der Waals surface area contributed by atoms with Crippen molar-refractivity contribution in [2.45, 2.75) is 0 Å². The molecule has 1 aliphatic rings. The second-order valence-corrected chi connectivity index (χ2v) is 7.64. The van der Waals surface area contributed by atoms with Gasteiger partial charge >= 0.3 is 0 Å². The van der Waals surface area contributed by atoms with Crippen LogP contribution in [0.4, 0.5) is 21.5 Å². The maximum Gasteiger partial charge on any atom is 0.256 e. The summed E-state index contributed by atoms with van der Waals surface area (Å²) in [5.74, 6) is -0.453. The van der Waals surface area contributed by atoms with E-state index in [9.17, 15) is 9.18 Å². The lowest BCUT2D eigenvalue weighted by Gasteiger charge is -2.20. The highest BCUT2D eigenvalue weighted by Gasteiger charge is 2.20. The van der Waals surface area contributed by atoms with E-state index in [1.807, 2.05) is 30.3 Å². The third-order valence-electron chi connectivity index (χ3n) is 5.29. The fourth-order valence-electron chi connectivity index (χ4n) is 3.66. The molecule has 0 aliphatic carbocycles. The van der Waals surface area contributed by atoms with Gasteiger partial charge < -0.3 is 21.1 Å². The number of hydrogen-bond acceptors (Lipinski definition) is 6. The molecule has 8 heteroatoms. The molecule has 0 saturated heterocycles. The number of ether oxygens (including phenoxy) is 1. The standard InChI is InChI=1S/C26H20FN5O2/c27-22-3-1-2-4-24(22)34-25-8-6-19(15-31-25)32-26(33)20-9-10-30-23-7-5-16(12-21(20)23)17-11-18(28)14-29-13-17/h1-9,11-15,30H,10,28H2,(H,32,33). The highest BCUT2D eigenvalue weighted by Crippen LogP contribution is 2.33. The number of aromatic nitrogens is 2. The Kier molecular flexibility index (Phi) is 5.61. The summed E-state index contributed by atoms with van der Waals surface area (Å²) in [7, 11) is 0. The predicted octanol–water partition coefficient (Wildman–Crippen LogP) is 5.10. The largest absolute Gasteiger partial charge is 0.436 e. The van der Waals surface area contributed by atoms with Gasteiger partial charge in [-0.2, -0.15) is 0 Å². The zero-order valence-electron chi connectivity index (χ0n) is 18.0. The van der Waals surface area contributed by atoms with Gasteiger partial charge in [0.05, 0.1) is 17.6 Å².